The normalized spacial score (nSPS) is 10.4. The van der Waals surface area contributed by atoms with Gasteiger partial charge < -0.3 is 10.5 Å². The number of thioether (sulfide) groups is 1. The molecular formula is C13H11F2NOS. The lowest BCUT2D eigenvalue weighted by molar-refractivity contribution is 0.418. The van der Waals surface area contributed by atoms with E-state index in [4.69, 9.17) is 10.5 Å². The lowest BCUT2D eigenvalue weighted by Crippen LogP contribution is -1.97. The zero-order valence-electron chi connectivity index (χ0n) is 9.61. The predicted octanol–water partition coefficient (Wildman–Crippen LogP) is 4.06. The third-order valence-electron chi connectivity index (χ3n) is 2.36. The number of ether oxygens (including phenoxy) is 1. The number of nitrogens with two attached hydrogens (primary N) is 1. The van der Waals surface area contributed by atoms with Gasteiger partial charge in [0.2, 0.25) is 5.82 Å². The van der Waals surface area contributed by atoms with Gasteiger partial charge in [0.1, 0.15) is 5.75 Å². The molecule has 0 spiro atoms. The van der Waals surface area contributed by atoms with Crippen LogP contribution >= 0.6 is 11.8 Å². The zero-order chi connectivity index (χ0) is 13.1. The van der Waals surface area contributed by atoms with E-state index < -0.39 is 11.6 Å². The second-order valence-electron chi connectivity index (χ2n) is 3.56. The highest BCUT2D eigenvalue weighted by Crippen LogP contribution is 2.32. The summed E-state index contributed by atoms with van der Waals surface area (Å²) in [5.41, 5.74) is 5.62. The van der Waals surface area contributed by atoms with Gasteiger partial charge in [0, 0.05) is 4.90 Å². The molecule has 0 saturated carbocycles. The predicted molar refractivity (Wildman–Crippen MR) is 69.1 cm³/mol. The van der Waals surface area contributed by atoms with Crippen molar-refractivity contribution in [2.24, 2.45) is 0 Å². The summed E-state index contributed by atoms with van der Waals surface area (Å²) in [6, 6.07) is 9.24. The summed E-state index contributed by atoms with van der Waals surface area (Å²) < 4.78 is 31.8. The van der Waals surface area contributed by atoms with E-state index in [1.54, 1.807) is 23.9 Å². The van der Waals surface area contributed by atoms with Gasteiger partial charge in [-0.25, -0.2) is 4.39 Å². The molecule has 2 nitrogen and oxygen atoms in total. The summed E-state index contributed by atoms with van der Waals surface area (Å²) in [4.78, 5) is 1.05. The first-order valence-electron chi connectivity index (χ1n) is 5.17. The molecule has 2 aromatic carbocycles. The maximum absolute atomic E-state index is 13.5. The standard InChI is InChI=1S/C13H11F2NOS/c1-18-9-4-2-8(3-5-9)17-13-11(16)7-6-10(14)12(13)15/h2-7H,16H2,1H3. The minimum absolute atomic E-state index is 0.0582. The minimum Gasteiger partial charge on any atom is -0.452 e. The van der Waals surface area contributed by atoms with Crippen LogP contribution in [0.1, 0.15) is 0 Å². The minimum atomic E-state index is -1.08. The first kappa shape index (κ1) is 12.7. The molecule has 2 N–H and O–H groups in total. The Hall–Kier alpha value is -1.75. The van der Waals surface area contributed by atoms with E-state index in [-0.39, 0.29) is 11.4 Å². The average Bonchev–Trinajstić information content (AvgIpc) is 2.40. The molecule has 94 valence electrons. The van der Waals surface area contributed by atoms with Crippen LogP contribution in [-0.4, -0.2) is 6.26 Å². The molecular weight excluding hydrogens is 256 g/mol. The van der Waals surface area contributed by atoms with Crippen molar-refractivity contribution in [2.45, 2.75) is 4.90 Å². The largest absolute Gasteiger partial charge is 0.452 e. The number of anilines is 1. The van der Waals surface area contributed by atoms with Crippen LogP contribution in [0.4, 0.5) is 14.5 Å². The van der Waals surface area contributed by atoms with E-state index in [1.807, 2.05) is 18.4 Å². The second kappa shape index (κ2) is 5.27. The van der Waals surface area contributed by atoms with E-state index in [9.17, 15) is 8.78 Å². The van der Waals surface area contributed by atoms with Gasteiger partial charge in [-0.05, 0) is 42.7 Å². The van der Waals surface area contributed by atoms with Gasteiger partial charge >= 0.3 is 0 Å². The summed E-state index contributed by atoms with van der Waals surface area (Å²) in [5, 5.41) is 0. The van der Waals surface area contributed by atoms with Gasteiger partial charge in [-0.2, -0.15) is 4.39 Å². The highest BCUT2D eigenvalue weighted by molar-refractivity contribution is 7.98. The highest BCUT2D eigenvalue weighted by atomic mass is 32.2. The van der Waals surface area contributed by atoms with Crippen molar-refractivity contribution in [3.05, 3.63) is 48.0 Å². The van der Waals surface area contributed by atoms with Crippen LogP contribution in [0, 0.1) is 11.6 Å². The number of hydrogen-bond acceptors (Lipinski definition) is 3. The van der Waals surface area contributed by atoms with Gasteiger partial charge in [0.05, 0.1) is 5.69 Å². The van der Waals surface area contributed by atoms with E-state index in [1.165, 1.54) is 6.07 Å². The van der Waals surface area contributed by atoms with Gasteiger partial charge in [-0.1, -0.05) is 0 Å². The van der Waals surface area contributed by atoms with E-state index >= 15 is 0 Å². The quantitative estimate of drug-likeness (QED) is 0.672. The van der Waals surface area contributed by atoms with Crippen molar-refractivity contribution < 1.29 is 13.5 Å². The van der Waals surface area contributed by atoms with Crippen LogP contribution in [0.5, 0.6) is 11.5 Å². The molecule has 0 saturated heterocycles. The Morgan fingerprint density at radius 2 is 1.72 bits per heavy atom. The maximum atomic E-state index is 13.5. The van der Waals surface area contributed by atoms with Gasteiger partial charge in [0.25, 0.3) is 0 Å². The first-order chi connectivity index (χ1) is 8.61. The molecule has 0 atom stereocenters. The number of rotatable bonds is 3. The number of halogens is 2. The lowest BCUT2D eigenvalue weighted by atomic mass is 10.2. The summed E-state index contributed by atoms with van der Waals surface area (Å²) in [6.45, 7) is 0. The van der Waals surface area contributed by atoms with Crippen LogP contribution in [0.3, 0.4) is 0 Å². The number of benzene rings is 2. The number of hydrogen-bond donors (Lipinski definition) is 1. The molecule has 0 fully saturated rings. The van der Waals surface area contributed by atoms with Crippen LogP contribution in [0.2, 0.25) is 0 Å². The first-order valence-corrected chi connectivity index (χ1v) is 6.39. The third kappa shape index (κ3) is 2.56. The fourth-order valence-corrected chi connectivity index (χ4v) is 1.82. The fourth-order valence-electron chi connectivity index (χ4n) is 1.41. The topological polar surface area (TPSA) is 35.2 Å². The molecule has 2 rings (SSSR count). The van der Waals surface area contributed by atoms with Crippen molar-refractivity contribution >= 4 is 17.4 Å². The Morgan fingerprint density at radius 1 is 1.06 bits per heavy atom. The van der Waals surface area contributed by atoms with E-state index in [2.05, 4.69) is 0 Å². The average molecular weight is 267 g/mol. The molecule has 5 heteroatoms. The molecule has 0 heterocycles. The van der Waals surface area contributed by atoms with Gasteiger partial charge in [-0.15, -0.1) is 11.8 Å². The lowest BCUT2D eigenvalue weighted by Gasteiger charge is -2.10. The van der Waals surface area contributed by atoms with Crippen molar-refractivity contribution in [1.29, 1.82) is 0 Å². The summed E-state index contributed by atoms with van der Waals surface area (Å²) in [7, 11) is 0. The van der Waals surface area contributed by atoms with E-state index in [0.717, 1.165) is 11.0 Å². The highest BCUT2D eigenvalue weighted by Gasteiger charge is 2.14. The molecule has 0 bridgehead atoms. The van der Waals surface area contributed by atoms with Gasteiger partial charge in [-0.3, -0.25) is 0 Å². The Kier molecular flexibility index (Phi) is 3.72. The van der Waals surface area contributed by atoms with Crippen LogP contribution in [-0.2, 0) is 0 Å². The zero-order valence-corrected chi connectivity index (χ0v) is 10.4. The van der Waals surface area contributed by atoms with Crippen molar-refractivity contribution in [3.8, 4) is 11.5 Å². The molecule has 2 aromatic rings. The molecule has 18 heavy (non-hydrogen) atoms. The van der Waals surface area contributed by atoms with Gasteiger partial charge in [0.15, 0.2) is 11.6 Å². The van der Waals surface area contributed by atoms with E-state index in [0.29, 0.717) is 5.75 Å². The number of nitrogen functional groups attached to an aromatic ring is 1. The van der Waals surface area contributed by atoms with Crippen molar-refractivity contribution in [3.63, 3.8) is 0 Å². The molecule has 0 amide bonds. The van der Waals surface area contributed by atoms with Crippen LogP contribution < -0.4 is 10.5 Å². The Labute approximate surface area is 108 Å². The summed E-state index contributed by atoms with van der Waals surface area (Å²) in [5.74, 6) is -1.94. The Balaban J connectivity index is 2.30. The maximum Gasteiger partial charge on any atom is 0.203 e. The fraction of sp³-hybridized carbons (Fsp3) is 0.0769. The van der Waals surface area contributed by atoms with Crippen molar-refractivity contribution in [2.75, 3.05) is 12.0 Å². The summed E-state index contributed by atoms with van der Waals surface area (Å²) >= 11 is 1.58. The second-order valence-corrected chi connectivity index (χ2v) is 4.44. The molecule has 0 aliphatic heterocycles. The Bertz CT molecular complexity index is 558. The SMILES string of the molecule is CSc1ccc(Oc2c(N)ccc(F)c2F)cc1. The molecule has 0 unspecified atom stereocenters. The molecule has 0 aliphatic rings. The molecule has 0 radical (unpaired) electrons. The molecule has 0 aliphatic carbocycles. The molecule has 0 aromatic heterocycles. The monoisotopic (exact) mass is 267 g/mol. The third-order valence-corrected chi connectivity index (χ3v) is 3.10. The summed E-state index contributed by atoms with van der Waals surface area (Å²) in [6.07, 6.45) is 1.94. The van der Waals surface area contributed by atoms with Crippen LogP contribution in [0.25, 0.3) is 0 Å². The van der Waals surface area contributed by atoms with Crippen LogP contribution in [0.15, 0.2) is 41.3 Å². The van der Waals surface area contributed by atoms with Crippen molar-refractivity contribution in [1.82, 2.24) is 0 Å². The smallest absolute Gasteiger partial charge is 0.203 e. The Morgan fingerprint density at radius 3 is 2.33 bits per heavy atom.